The third kappa shape index (κ3) is 3.21. The third-order valence-electron chi connectivity index (χ3n) is 4.20. The molecule has 0 bridgehead atoms. The van der Waals surface area contributed by atoms with Gasteiger partial charge < -0.3 is 9.73 Å². The van der Waals surface area contributed by atoms with E-state index in [4.69, 9.17) is 4.42 Å². The Bertz CT molecular complexity index is 1020. The number of furan rings is 1. The van der Waals surface area contributed by atoms with Gasteiger partial charge in [0.2, 0.25) is 0 Å². The van der Waals surface area contributed by atoms with Crippen LogP contribution in [0.5, 0.6) is 0 Å². The van der Waals surface area contributed by atoms with Gasteiger partial charge >= 0.3 is 0 Å². The first-order valence-electron chi connectivity index (χ1n) is 8.42. The van der Waals surface area contributed by atoms with E-state index in [9.17, 15) is 4.79 Å². The number of amides is 1. The van der Waals surface area contributed by atoms with Crippen molar-refractivity contribution in [2.75, 3.05) is 6.54 Å². The summed E-state index contributed by atoms with van der Waals surface area (Å²) in [6.07, 6.45) is 3.52. The molecule has 130 valence electrons. The van der Waals surface area contributed by atoms with Crippen LogP contribution in [0.2, 0.25) is 0 Å². The number of hydrogen-bond acceptors (Lipinski definition) is 4. The molecular weight excluding hydrogens is 328 g/mol. The van der Waals surface area contributed by atoms with Crippen molar-refractivity contribution < 1.29 is 9.21 Å². The first-order valence-corrected chi connectivity index (χ1v) is 8.42. The van der Waals surface area contributed by atoms with Gasteiger partial charge in [0, 0.05) is 35.6 Å². The lowest BCUT2D eigenvalue weighted by molar-refractivity contribution is 0.0926. The maximum atomic E-state index is 12.3. The number of benzene rings is 1. The zero-order chi connectivity index (χ0) is 17.9. The van der Waals surface area contributed by atoms with Crippen molar-refractivity contribution in [2.24, 2.45) is 0 Å². The van der Waals surface area contributed by atoms with Crippen LogP contribution in [0.4, 0.5) is 0 Å². The zero-order valence-electron chi connectivity index (χ0n) is 14.3. The molecule has 1 aromatic carbocycles. The maximum Gasteiger partial charge on any atom is 0.287 e. The molecule has 0 fully saturated rings. The van der Waals surface area contributed by atoms with E-state index in [0.717, 1.165) is 22.3 Å². The molecule has 0 atom stereocenters. The molecule has 0 spiro atoms. The van der Waals surface area contributed by atoms with Gasteiger partial charge in [-0.15, -0.1) is 0 Å². The molecule has 6 heteroatoms. The lowest BCUT2D eigenvalue weighted by Gasteiger charge is -2.05. The van der Waals surface area contributed by atoms with E-state index in [-0.39, 0.29) is 5.91 Å². The molecule has 3 heterocycles. The van der Waals surface area contributed by atoms with Gasteiger partial charge in [0.25, 0.3) is 5.91 Å². The average molecular weight is 346 g/mol. The summed E-state index contributed by atoms with van der Waals surface area (Å²) in [6, 6.07) is 15.2. The largest absolute Gasteiger partial charge is 0.451 e. The molecule has 1 amide bonds. The first-order chi connectivity index (χ1) is 12.7. The molecule has 0 saturated carbocycles. The number of nitrogens with one attached hydrogen (secondary N) is 1. The minimum atomic E-state index is -0.224. The predicted molar refractivity (Wildman–Crippen MR) is 98.7 cm³/mol. The number of rotatable bonds is 5. The van der Waals surface area contributed by atoms with Crippen molar-refractivity contribution in [3.63, 3.8) is 0 Å². The second kappa shape index (κ2) is 6.84. The van der Waals surface area contributed by atoms with Crippen molar-refractivity contribution in [1.29, 1.82) is 0 Å². The average Bonchev–Trinajstić information content (AvgIpc) is 3.26. The number of carbonyl (C=O) groups is 1. The number of hydrogen-bond donors (Lipinski definition) is 1. The highest BCUT2D eigenvalue weighted by Gasteiger charge is 2.12. The minimum absolute atomic E-state index is 0.224. The minimum Gasteiger partial charge on any atom is -0.451 e. The Balaban J connectivity index is 1.40. The Labute approximate surface area is 150 Å². The summed E-state index contributed by atoms with van der Waals surface area (Å²) in [6.45, 7) is 3.04. The molecule has 26 heavy (non-hydrogen) atoms. The summed E-state index contributed by atoms with van der Waals surface area (Å²) in [5.74, 6) is 0.0953. The van der Waals surface area contributed by atoms with Gasteiger partial charge in [0.1, 0.15) is 5.58 Å². The smallest absolute Gasteiger partial charge is 0.287 e. The highest BCUT2D eigenvalue weighted by Crippen LogP contribution is 2.19. The van der Waals surface area contributed by atoms with Crippen LogP contribution in [-0.2, 0) is 6.54 Å². The Morgan fingerprint density at radius 1 is 1.19 bits per heavy atom. The van der Waals surface area contributed by atoms with Crippen molar-refractivity contribution in [3.8, 4) is 11.3 Å². The van der Waals surface area contributed by atoms with Crippen LogP contribution in [0.15, 0.2) is 65.3 Å². The number of fused-ring (bicyclic) bond motifs is 1. The van der Waals surface area contributed by atoms with Gasteiger partial charge in [0.15, 0.2) is 5.76 Å². The molecule has 0 radical (unpaired) electrons. The van der Waals surface area contributed by atoms with E-state index in [1.165, 1.54) is 0 Å². The number of para-hydroxylation sites is 1. The summed E-state index contributed by atoms with van der Waals surface area (Å²) in [5, 5.41) is 8.38. The molecule has 0 aliphatic heterocycles. The SMILES string of the molecule is Cc1cc(-c2cccnc2)nn1CCNC(=O)c1cc2ccccc2o1. The summed E-state index contributed by atoms with van der Waals surface area (Å²) >= 11 is 0. The van der Waals surface area contributed by atoms with Crippen molar-refractivity contribution in [1.82, 2.24) is 20.1 Å². The van der Waals surface area contributed by atoms with Crippen LogP contribution in [-0.4, -0.2) is 27.2 Å². The van der Waals surface area contributed by atoms with Gasteiger partial charge in [-0.25, -0.2) is 0 Å². The molecule has 4 aromatic rings. The quantitative estimate of drug-likeness (QED) is 0.601. The van der Waals surface area contributed by atoms with Gasteiger partial charge in [-0.05, 0) is 37.3 Å². The van der Waals surface area contributed by atoms with Crippen LogP contribution in [0.25, 0.3) is 22.2 Å². The second-order valence-electron chi connectivity index (χ2n) is 6.04. The zero-order valence-corrected chi connectivity index (χ0v) is 14.3. The van der Waals surface area contributed by atoms with E-state index < -0.39 is 0 Å². The summed E-state index contributed by atoms with van der Waals surface area (Å²) < 4.78 is 7.45. The second-order valence-corrected chi connectivity index (χ2v) is 6.04. The molecular formula is C20H18N4O2. The summed E-state index contributed by atoms with van der Waals surface area (Å²) in [4.78, 5) is 16.4. The molecule has 0 unspecified atom stereocenters. The molecule has 0 aliphatic rings. The number of aromatic nitrogens is 3. The van der Waals surface area contributed by atoms with Gasteiger partial charge in [-0.1, -0.05) is 18.2 Å². The fraction of sp³-hybridized carbons (Fsp3) is 0.150. The van der Waals surface area contributed by atoms with Gasteiger partial charge in [0.05, 0.1) is 12.2 Å². The van der Waals surface area contributed by atoms with E-state index in [1.54, 1.807) is 18.5 Å². The molecule has 3 aromatic heterocycles. The Morgan fingerprint density at radius 3 is 2.88 bits per heavy atom. The Morgan fingerprint density at radius 2 is 2.08 bits per heavy atom. The van der Waals surface area contributed by atoms with Crippen LogP contribution in [0, 0.1) is 6.92 Å². The van der Waals surface area contributed by atoms with Crippen molar-refractivity contribution in [3.05, 3.63) is 72.4 Å². The monoisotopic (exact) mass is 346 g/mol. The van der Waals surface area contributed by atoms with E-state index >= 15 is 0 Å². The lowest BCUT2D eigenvalue weighted by Crippen LogP contribution is -2.27. The van der Waals surface area contributed by atoms with Crippen molar-refractivity contribution in [2.45, 2.75) is 13.5 Å². The van der Waals surface area contributed by atoms with Crippen LogP contribution in [0.1, 0.15) is 16.2 Å². The first kappa shape index (κ1) is 16.1. The number of pyridine rings is 1. The summed E-state index contributed by atoms with van der Waals surface area (Å²) in [5.41, 5.74) is 3.59. The normalized spacial score (nSPS) is 11.0. The maximum absolute atomic E-state index is 12.3. The fourth-order valence-corrected chi connectivity index (χ4v) is 2.85. The van der Waals surface area contributed by atoms with E-state index in [2.05, 4.69) is 15.4 Å². The van der Waals surface area contributed by atoms with Crippen LogP contribution in [0.3, 0.4) is 0 Å². The highest BCUT2D eigenvalue weighted by atomic mass is 16.3. The molecule has 4 rings (SSSR count). The van der Waals surface area contributed by atoms with E-state index in [1.807, 2.05) is 54.1 Å². The topological polar surface area (TPSA) is 73.0 Å². The Hall–Kier alpha value is -3.41. The molecule has 0 saturated heterocycles. The number of carbonyl (C=O) groups excluding carboxylic acids is 1. The lowest BCUT2D eigenvalue weighted by atomic mass is 10.2. The van der Waals surface area contributed by atoms with Gasteiger partial charge in [-0.3, -0.25) is 14.5 Å². The third-order valence-corrected chi connectivity index (χ3v) is 4.20. The Kier molecular flexibility index (Phi) is 4.23. The molecule has 0 aliphatic carbocycles. The van der Waals surface area contributed by atoms with Gasteiger partial charge in [-0.2, -0.15) is 5.10 Å². The molecule has 1 N–H and O–H groups in total. The van der Waals surface area contributed by atoms with Crippen LogP contribution >= 0.6 is 0 Å². The van der Waals surface area contributed by atoms with Crippen LogP contribution < -0.4 is 5.32 Å². The number of aryl methyl sites for hydroxylation is 1. The summed E-state index contributed by atoms with van der Waals surface area (Å²) in [7, 11) is 0. The predicted octanol–water partition coefficient (Wildman–Crippen LogP) is 3.43. The molecule has 6 nitrogen and oxygen atoms in total. The van der Waals surface area contributed by atoms with E-state index in [0.29, 0.717) is 24.4 Å². The van der Waals surface area contributed by atoms with Crippen molar-refractivity contribution >= 4 is 16.9 Å². The highest BCUT2D eigenvalue weighted by molar-refractivity contribution is 5.96. The standard InChI is InChI=1S/C20H18N4O2/c1-14-11-17(16-6-4-8-21-13-16)23-24(14)10-9-22-20(25)19-12-15-5-2-3-7-18(15)26-19/h2-8,11-13H,9-10H2,1H3,(H,22,25). The fourth-order valence-electron chi connectivity index (χ4n) is 2.85. The number of nitrogens with zero attached hydrogens (tertiary/aromatic N) is 3.